The van der Waals surface area contributed by atoms with Gasteiger partial charge in [-0.2, -0.15) is 10.5 Å². The van der Waals surface area contributed by atoms with E-state index in [4.69, 9.17) is 11.8 Å². The Hall–Kier alpha value is 0.960. The molecule has 0 aliphatic carbocycles. The lowest BCUT2D eigenvalue weighted by molar-refractivity contribution is 0.637. The highest BCUT2D eigenvalue weighted by Gasteiger charge is 2.28. The molecule has 0 heterocycles. The van der Waals surface area contributed by atoms with Crippen LogP contribution in [0, 0.1) is 0 Å². The zero-order chi connectivity index (χ0) is 11.4. The molecular weight excluding hydrogens is 231 g/mol. The van der Waals surface area contributed by atoms with Crippen molar-refractivity contribution < 1.29 is 4.89 Å². The van der Waals surface area contributed by atoms with Crippen molar-refractivity contribution >= 4 is 27.8 Å². The average molecular weight is 256 g/mol. The lowest BCUT2D eigenvalue weighted by atomic mass is 10.4. The summed E-state index contributed by atoms with van der Waals surface area (Å²) in [7, 11) is -0.345. The molecule has 3 unspecified atom stereocenters. The quantitative estimate of drug-likeness (QED) is 0.555. The lowest BCUT2D eigenvalue weighted by Gasteiger charge is -2.39. The van der Waals surface area contributed by atoms with E-state index in [0.717, 1.165) is 19.0 Å². The van der Waals surface area contributed by atoms with Gasteiger partial charge in [-0.25, -0.2) is 0 Å². The zero-order valence-electron chi connectivity index (χ0n) is 10.0. The molecule has 0 saturated carbocycles. The normalized spacial score (nSPS) is 23.7. The summed E-state index contributed by atoms with van der Waals surface area (Å²) in [5.74, 6) is 0. The number of hydrogen-bond acceptors (Lipinski definition) is 1. The molecular formula is C10H25OPS2. The Balaban J connectivity index is 4.81. The van der Waals surface area contributed by atoms with Crippen LogP contribution < -0.4 is 0 Å². The molecule has 0 aliphatic heterocycles. The third-order valence-electron chi connectivity index (χ3n) is 2.86. The molecule has 0 aromatic rings. The van der Waals surface area contributed by atoms with Crippen LogP contribution in [0.3, 0.4) is 0 Å². The predicted molar refractivity (Wildman–Crippen MR) is 75.5 cm³/mol. The van der Waals surface area contributed by atoms with Gasteiger partial charge in [-0.1, -0.05) is 46.4 Å². The summed E-state index contributed by atoms with van der Waals surface area (Å²) in [6.07, 6.45) is 3.10. The highest BCUT2D eigenvalue weighted by Crippen LogP contribution is 2.71. The molecule has 0 bridgehead atoms. The summed E-state index contributed by atoms with van der Waals surface area (Å²) >= 11 is 5.45. The van der Waals surface area contributed by atoms with Crippen molar-refractivity contribution in [2.24, 2.45) is 0 Å². The van der Waals surface area contributed by atoms with Gasteiger partial charge in [0, 0.05) is 6.16 Å². The first kappa shape index (κ1) is 15.0. The topological polar surface area (TPSA) is 20.2 Å². The van der Waals surface area contributed by atoms with Crippen molar-refractivity contribution in [3.63, 3.8) is 0 Å². The fourth-order valence-corrected chi connectivity index (χ4v) is 13.3. The van der Waals surface area contributed by atoms with E-state index in [9.17, 15) is 4.89 Å². The van der Waals surface area contributed by atoms with E-state index in [0.29, 0.717) is 10.5 Å². The van der Waals surface area contributed by atoms with Gasteiger partial charge in [-0.3, -0.25) is 0 Å². The Morgan fingerprint density at radius 3 is 1.71 bits per heavy atom. The summed E-state index contributed by atoms with van der Waals surface area (Å²) in [4.78, 5) is 10.3. The monoisotopic (exact) mass is 256 g/mol. The maximum atomic E-state index is 10.3. The number of rotatable bonds is 6. The van der Waals surface area contributed by atoms with Crippen molar-refractivity contribution in [2.45, 2.75) is 58.0 Å². The molecule has 0 aromatic heterocycles. The standard InChI is InChI=1S/C10H25OPS2/c1-6-9(4)14(10(5)7-2)12(11,13)8-3/h9-10,14H,6-8H2,1-5H3,(H,11,13). The van der Waals surface area contributed by atoms with E-state index in [-0.39, 0.29) is 10.5 Å². The van der Waals surface area contributed by atoms with Crippen LogP contribution in [0.4, 0.5) is 0 Å². The van der Waals surface area contributed by atoms with Gasteiger partial charge in [0.05, 0.1) is 5.47 Å². The average Bonchev–Trinajstić information content (AvgIpc) is 2.17. The number of hydrogen-bond donors (Lipinski definition) is 2. The first-order valence-corrected chi connectivity index (χ1v) is 10.6. The maximum Gasteiger partial charge on any atom is 0.0977 e. The van der Waals surface area contributed by atoms with E-state index in [2.05, 4.69) is 27.7 Å². The van der Waals surface area contributed by atoms with Crippen LogP contribution in [0.25, 0.3) is 0 Å². The fourth-order valence-electron chi connectivity index (χ4n) is 1.59. The second kappa shape index (κ2) is 6.52. The summed E-state index contributed by atoms with van der Waals surface area (Å²) in [5, 5.41) is 1.24. The minimum atomic E-state index is -2.03. The van der Waals surface area contributed by atoms with Crippen LogP contribution in [0.1, 0.15) is 47.5 Å². The summed E-state index contributed by atoms with van der Waals surface area (Å²) in [5.41, 5.74) is -2.03. The molecule has 1 nitrogen and oxygen atoms in total. The van der Waals surface area contributed by atoms with Gasteiger partial charge >= 0.3 is 0 Å². The van der Waals surface area contributed by atoms with E-state index in [1.54, 1.807) is 0 Å². The molecule has 0 fully saturated rings. The molecule has 0 spiro atoms. The van der Waals surface area contributed by atoms with E-state index in [1.807, 2.05) is 6.92 Å². The lowest BCUT2D eigenvalue weighted by Crippen LogP contribution is -2.13. The molecule has 0 aliphatic rings. The second-order valence-electron chi connectivity index (χ2n) is 3.88. The van der Waals surface area contributed by atoms with E-state index < -0.39 is 5.47 Å². The minimum absolute atomic E-state index is 0.345. The van der Waals surface area contributed by atoms with Crippen LogP contribution in [0.2, 0.25) is 0 Å². The molecule has 0 amide bonds. The second-order valence-corrected chi connectivity index (χ2v) is 14.4. The SMILES string of the molecule is CCC(C)[SH](C(C)CC)P(O)(=S)CC. The minimum Gasteiger partial charge on any atom is -0.358 e. The van der Waals surface area contributed by atoms with Crippen LogP contribution in [-0.4, -0.2) is 21.6 Å². The fraction of sp³-hybridized carbons (Fsp3) is 1.00. The van der Waals surface area contributed by atoms with Crippen LogP contribution in [-0.2, 0) is 11.8 Å². The van der Waals surface area contributed by atoms with Crippen LogP contribution >= 0.6 is 16.0 Å². The van der Waals surface area contributed by atoms with Gasteiger partial charge in [-0.15, -0.1) is 0 Å². The van der Waals surface area contributed by atoms with E-state index >= 15 is 0 Å². The van der Waals surface area contributed by atoms with Crippen molar-refractivity contribution in [3.05, 3.63) is 0 Å². The molecule has 3 atom stereocenters. The smallest absolute Gasteiger partial charge is 0.0977 e. The highest BCUT2D eigenvalue weighted by molar-refractivity contribution is 8.77. The van der Waals surface area contributed by atoms with Crippen molar-refractivity contribution in [2.75, 3.05) is 6.16 Å². The molecule has 0 aromatic carbocycles. The summed E-state index contributed by atoms with van der Waals surface area (Å²) < 4.78 is 0. The Bertz CT molecular complexity index is 198. The first-order chi connectivity index (χ1) is 6.40. The largest absolute Gasteiger partial charge is 0.358 e. The Kier molecular flexibility index (Phi) is 6.97. The third kappa shape index (κ3) is 3.84. The van der Waals surface area contributed by atoms with Gasteiger partial charge in [0.2, 0.25) is 0 Å². The molecule has 4 heteroatoms. The summed E-state index contributed by atoms with van der Waals surface area (Å²) in [6.45, 7) is 11.0. The molecule has 88 valence electrons. The van der Waals surface area contributed by atoms with Crippen LogP contribution in [0.15, 0.2) is 0 Å². The van der Waals surface area contributed by atoms with Gasteiger partial charge in [-0.05, 0) is 23.3 Å². The van der Waals surface area contributed by atoms with Crippen molar-refractivity contribution in [1.29, 1.82) is 0 Å². The Labute approximate surface area is 96.9 Å². The summed E-state index contributed by atoms with van der Waals surface area (Å²) in [6, 6.07) is 0. The Morgan fingerprint density at radius 2 is 1.50 bits per heavy atom. The van der Waals surface area contributed by atoms with Crippen molar-refractivity contribution in [1.82, 2.24) is 0 Å². The van der Waals surface area contributed by atoms with Gasteiger partial charge in [0.1, 0.15) is 0 Å². The molecule has 0 saturated heterocycles. The molecule has 0 rings (SSSR count). The van der Waals surface area contributed by atoms with Gasteiger partial charge in [0.25, 0.3) is 0 Å². The molecule has 0 radical (unpaired) electrons. The zero-order valence-corrected chi connectivity index (χ0v) is 12.6. The van der Waals surface area contributed by atoms with Gasteiger partial charge < -0.3 is 4.89 Å². The highest BCUT2D eigenvalue weighted by atomic mass is 32.9. The Morgan fingerprint density at radius 1 is 1.14 bits per heavy atom. The third-order valence-corrected chi connectivity index (χ3v) is 14.8. The predicted octanol–water partition coefficient (Wildman–Crippen LogP) is 3.91. The van der Waals surface area contributed by atoms with E-state index in [1.165, 1.54) is 0 Å². The van der Waals surface area contributed by atoms with Crippen LogP contribution in [0.5, 0.6) is 0 Å². The molecule has 1 N–H and O–H groups in total. The maximum absolute atomic E-state index is 10.3. The first-order valence-electron chi connectivity index (χ1n) is 5.51. The van der Waals surface area contributed by atoms with Crippen molar-refractivity contribution in [3.8, 4) is 0 Å². The number of thiol groups is 1. The molecule has 14 heavy (non-hydrogen) atoms. The van der Waals surface area contributed by atoms with Gasteiger partial charge in [0.15, 0.2) is 0 Å².